The number of ether oxygens (including phenoxy) is 2. The number of methoxy groups -OCH3 is 1. The maximum Gasteiger partial charge on any atom is 0.0724 e. The molecule has 1 aliphatic rings. The zero-order chi connectivity index (χ0) is 13.5. The molecule has 0 amide bonds. The number of hydrogen-bond acceptors (Lipinski definition) is 4. The predicted molar refractivity (Wildman–Crippen MR) is 74.3 cm³/mol. The Labute approximate surface area is 115 Å². The summed E-state index contributed by atoms with van der Waals surface area (Å²) in [6.07, 6.45) is 6.47. The lowest BCUT2D eigenvalue weighted by atomic mass is 10.2. The van der Waals surface area contributed by atoms with Crippen LogP contribution in [0.3, 0.4) is 0 Å². The number of morpholine rings is 1. The summed E-state index contributed by atoms with van der Waals surface area (Å²) in [7, 11) is 1.74. The van der Waals surface area contributed by atoms with E-state index in [1.807, 2.05) is 10.9 Å². The lowest BCUT2D eigenvalue weighted by Crippen LogP contribution is -2.43. The molecule has 0 saturated carbocycles. The van der Waals surface area contributed by atoms with Crippen molar-refractivity contribution in [1.82, 2.24) is 14.7 Å². The molecule has 19 heavy (non-hydrogen) atoms. The maximum atomic E-state index is 5.74. The first-order valence-corrected chi connectivity index (χ1v) is 7.10. The summed E-state index contributed by atoms with van der Waals surface area (Å²) in [5, 5.41) is 4.31. The van der Waals surface area contributed by atoms with E-state index in [2.05, 4.69) is 23.1 Å². The third kappa shape index (κ3) is 4.93. The minimum absolute atomic E-state index is 0.334. The molecule has 1 aromatic heterocycles. The summed E-state index contributed by atoms with van der Waals surface area (Å²) in [4.78, 5) is 2.49. The van der Waals surface area contributed by atoms with E-state index in [4.69, 9.17) is 9.47 Å². The van der Waals surface area contributed by atoms with Gasteiger partial charge in [-0.15, -0.1) is 0 Å². The Kier molecular flexibility index (Phi) is 5.82. The van der Waals surface area contributed by atoms with Crippen molar-refractivity contribution in [3.05, 3.63) is 18.0 Å². The molecule has 0 bridgehead atoms. The molecule has 0 N–H and O–H groups in total. The number of hydrogen-bond donors (Lipinski definition) is 0. The van der Waals surface area contributed by atoms with Crippen molar-refractivity contribution in [2.75, 3.05) is 40.0 Å². The average molecular weight is 267 g/mol. The van der Waals surface area contributed by atoms with Crippen LogP contribution in [0.4, 0.5) is 0 Å². The molecule has 1 fully saturated rings. The average Bonchev–Trinajstić information content (AvgIpc) is 2.83. The molecule has 5 heteroatoms. The van der Waals surface area contributed by atoms with Crippen molar-refractivity contribution < 1.29 is 9.47 Å². The van der Waals surface area contributed by atoms with Gasteiger partial charge in [-0.3, -0.25) is 9.58 Å². The molecule has 0 aromatic carbocycles. The number of aryl methyl sites for hydroxylation is 2. The highest BCUT2D eigenvalue weighted by atomic mass is 16.5. The zero-order valence-corrected chi connectivity index (χ0v) is 12.0. The quantitative estimate of drug-likeness (QED) is 0.747. The first-order valence-electron chi connectivity index (χ1n) is 7.10. The van der Waals surface area contributed by atoms with E-state index in [0.29, 0.717) is 6.10 Å². The van der Waals surface area contributed by atoms with Crippen LogP contribution in [0.15, 0.2) is 12.4 Å². The SMILES string of the molecule is COCC[C@@H]1CN(CCCn2cc(C)cn2)CCO1. The van der Waals surface area contributed by atoms with E-state index < -0.39 is 0 Å². The van der Waals surface area contributed by atoms with Crippen LogP contribution >= 0.6 is 0 Å². The van der Waals surface area contributed by atoms with E-state index in [1.54, 1.807) is 7.11 Å². The Balaban J connectivity index is 1.65. The van der Waals surface area contributed by atoms with Crippen molar-refractivity contribution in [2.24, 2.45) is 0 Å². The Morgan fingerprint density at radius 3 is 3.11 bits per heavy atom. The van der Waals surface area contributed by atoms with Gasteiger partial charge in [-0.25, -0.2) is 0 Å². The molecule has 0 spiro atoms. The van der Waals surface area contributed by atoms with Crippen LogP contribution in [0.1, 0.15) is 18.4 Å². The van der Waals surface area contributed by atoms with Gasteiger partial charge in [0.1, 0.15) is 0 Å². The largest absolute Gasteiger partial charge is 0.385 e. The van der Waals surface area contributed by atoms with Gasteiger partial charge in [0.05, 0.1) is 18.9 Å². The summed E-state index contributed by atoms with van der Waals surface area (Å²) in [6, 6.07) is 0. The Bertz CT molecular complexity index is 367. The predicted octanol–water partition coefficient (Wildman–Crippen LogP) is 1.32. The molecule has 1 aromatic rings. The van der Waals surface area contributed by atoms with Gasteiger partial charge in [0, 0.05) is 46.1 Å². The summed E-state index contributed by atoms with van der Waals surface area (Å²) >= 11 is 0. The Hall–Kier alpha value is -0.910. The fourth-order valence-electron chi connectivity index (χ4n) is 2.45. The van der Waals surface area contributed by atoms with Crippen LogP contribution in [0, 0.1) is 6.92 Å². The Morgan fingerprint density at radius 2 is 2.37 bits per heavy atom. The molecule has 0 radical (unpaired) electrons. The topological polar surface area (TPSA) is 39.5 Å². The van der Waals surface area contributed by atoms with Gasteiger partial charge >= 0.3 is 0 Å². The molecular formula is C14H25N3O2. The van der Waals surface area contributed by atoms with Gasteiger partial charge in [-0.05, 0) is 25.3 Å². The molecule has 0 aliphatic carbocycles. The molecule has 1 aliphatic heterocycles. The normalized spacial score (nSPS) is 20.8. The molecule has 2 rings (SSSR count). The summed E-state index contributed by atoms with van der Waals surface area (Å²) in [5.74, 6) is 0. The highest BCUT2D eigenvalue weighted by Crippen LogP contribution is 2.09. The fraction of sp³-hybridized carbons (Fsp3) is 0.786. The van der Waals surface area contributed by atoms with Crippen molar-refractivity contribution in [2.45, 2.75) is 32.4 Å². The van der Waals surface area contributed by atoms with Gasteiger partial charge in [-0.1, -0.05) is 0 Å². The van der Waals surface area contributed by atoms with Crippen LogP contribution in [0.25, 0.3) is 0 Å². The second-order valence-electron chi connectivity index (χ2n) is 5.21. The van der Waals surface area contributed by atoms with Crippen molar-refractivity contribution in [3.8, 4) is 0 Å². The lowest BCUT2D eigenvalue weighted by Gasteiger charge is -2.32. The van der Waals surface area contributed by atoms with Crippen LogP contribution in [-0.4, -0.2) is 60.7 Å². The van der Waals surface area contributed by atoms with Gasteiger partial charge in [0.25, 0.3) is 0 Å². The van der Waals surface area contributed by atoms with E-state index >= 15 is 0 Å². The maximum absolute atomic E-state index is 5.74. The third-order valence-corrected chi connectivity index (χ3v) is 3.49. The van der Waals surface area contributed by atoms with E-state index in [-0.39, 0.29) is 0 Å². The zero-order valence-electron chi connectivity index (χ0n) is 12.0. The first-order chi connectivity index (χ1) is 9.28. The van der Waals surface area contributed by atoms with Crippen LogP contribution < -0.4 is 0 Å². The van der Waals surface area contributed by atoms with E-state index in [1.165, 1.54) is 5.56 Å². The number of aromatic nitrogens is 2. The fourth-order valence-corrected chi connectivity index (χ4v) is 2.45. The Morgan fingerprint density at radius 1 is 1.47 bits per heavy atom. The van der Waals surface area contributed by atoms with E-state index in [0.717, 1.165) is 52.2 Å². The molecule has 5 nitrogen and oxygen atoms in total. The second kappa shape index (κ2) is 7.62. The van der Waals surface area contributed by atoms with Gasteiger partial charge in [-0.2, -0.15) is 5.10 Å². The van der Waals surface area contributed by atoms with Gasteiger partial charge in [0.2, 0.25) is 0 Å². The van der Waals surface area contributed by atoms with Gasteiger partial charge < -0.3 is 9.47 Å². The van der Waals surface area contributed by atoms with Crippen LogP contribution in [0.2, 0.25) is 0 Å². The van der Waals surface area contributed by atoms with E-state index in [9.17, 15) is 0 Å². The highest BCUT2D eigenvalue weighted by Gasteiger charge is 2.19. The standard InChI is InChI=1S/C14H25N3O2/c1-13-10-15-17(11-13)6-3-5-16-7-9-19-14(12-16)4-8-18-2/h10-11,14H,3-9,12H2,1-2H3/t14-/m1/s1. The summed E-state index contributed by atoms with van der Waals surface area (Å²) in [5.41, 5.74) is 1.23. The molecule has 108 valence electrons. The molecular weight excluding hydrogens is 242 g/mol. The minimum Gasteiger partial charge on any atom is -0.385 e. The van der Waals surface area contributed by atoms with Crippen molar-refractivity contribution >= 4 is 0 Å². The number of rotatable bonds is 7. The first kappa shape index (κ1) is 14.5. The smallest absolute Gasteiger partial charge is 0.0724 e. The van der Waals surface area contributed by atoms with Gasteiger partial charge in [0.15, 0.2) is 0 Å². The molecule has 1 saturated heterocycles. The third-order valence-electron chi connectivity index (χ3n) is 3.49. The summed E-state index contributed by atoms with van der Waals surface area (Å²) < 4.78 is 12.9. The van der Waals surface area contributed by atoms with Crippen molar-refractivity contribution in [3.63, 3.8) is 0 Å². The molecule has 1 atom stereocenters. The van der Waals surface area contributed by atoms with Crippen LogP contribution in [0.5, 0.6) is 0 Å². The summed E-state index contributed by atoms with van der Waals surface area (Å²) in [6.45, 7) is 7.88. The lowest BCUT2D eigenvalue weighted by molar-refractivity contribution is -0.0411. The highest BCUT2D eigenvalue weighted by molar-refractivity contribution is 4.99. The minimum atomic E-state index is 0.334. The number of nitrogens with zero attached hydrogens (tertiary/aromatic N) is 3. The second-order valence-corrected chi connectivity index (χ2v) is 5.21. The van der Waals surface area contributed by atoms with Crippen LogP contribution in [-0.2, 0) is 16.0 Å². The monoisotopic (exact) mass is 267 g/mol. The van der Waals surface area contributed by atoms with Crippen molar-refractivity contribution in [1.29, 1.82) is 0 Å². The molecule has 2 heterocycles. The molecule has 0 unspecified atom stereocenters.